The van der Waals surface area contributed by atoms with Crippen LogP contribution in [0.5, 0.6) is 0 Å². The maximum Gasteiger partial charge on any atom is 0.306 e. The predicted molar refractivity (Wildman–Crippen MR) is 60.8 cm³/mol. The lowest BCUT2D eigenvalue weighted by atomic mass is 9.94. The molecule has 84 valence electrons. The number of carbonyl (C=O) groups is 1. The summed E-state index contributed by atoms with van der Waals surface area (Å²) in [6.07, 6.45) is 0.901. The molecule has 1 aliphatic carbocycles. The summed E-state index contributed by atoms with van der Waals surface area (Å²) in [4.78, 5) is 11.2. The van der Waals surface area contributed by atoms with Crippen LogP contribution in [0.2, 0.25) is 0 Å². The molecule has 5 heteroatoms. The molecule has 0 aromatic heterocycles. The van der Waals surface area contributed by atoms with Crippen LogP contribution in [0.3, 0.4) is 0 Å². The van der Waals surface area contributed by atoms with Crippen molar-refractivity contribution < 1.29 is 14.6 Å². The van der Waals surface area contributed by atoms with E-state index in [1.54, 1.807) is 0 Å². The van der Waals surface area contributed by atoms with Crippen LogP contribution >= 0.6 is 23.5 Å². The van der Waals surface area contributed by atoms with Crippen molar-refractivity contribution >= 4 is 29.5 Å². The Morgan fingerprint density at radius 2 is 2.07 bits per heavy atom. The Hall–Kier alpha value is 0.130. The molecule has 15 heavy (non-hydrogen) atoms. The lowest BCUT2D eigenvalue weighted by molar-refractivity contribution is -0.141. The average Bonchev–Trinajstić information content (AvgIpc) is 2.80. The first-order valence-electron chi connectivity index (χ1n) is 5.36. The van der Waals surface area contributed by atoms with Gasteiger partial charge in [0.1, 0.15) is 6.10 Å². The van der Waals surface area contributed by atoms with Crippen LogP contribution < -0.4 is 0 Å². The number of hydrogen-bond acceptors (Lipinski definition) is 5. The predicted octanol–water partition coefficient (Wildman–Crippen LogP) is 1.10. The summed E-state index contributed by atoms with van der Waals surface area (Å²) in [5, 5.41) is 10.0. The highest BCUT2D eigenvalue weighted by molar-refractivity contribution is 8.20. The number of ether oxygens (including phenoxy) is 1. The lowest BCUT2D eigenvalue weighted by Crippen LogP contribution is -2.27. The molecule has 1 N–H and O–H groups in total. The number of aliphatic hydroxyl groups is 1. The smallest absolute Gasteiger partial charge is 0.306 e. The van der Waals surface area contributed by atoms with Gasteiger partial charge in [0.2, 0.25) is 0 Å². The summed E-state index contributed by atoms with van der Waals surface area (Å²) in [6, 6.07) is 0. The molecule has 2 aliphatic heterocycles. The molecule has 0 radical (unpaired) electrons. The third kappa shape index (κ3) is 1.68. The second-order valence-electron chi connectivity index (χ2n) is 4.39. The van der Waals surface area contributed by atoms with Crippen LogP contribution in [-0.2, 0) is 9.53 Å². The zero-order chi connectivity index (χ0) is 10.4. The summed E-state index contributed by atoms with van der Waals surface area (Å²) in [5.41, 5.74) is 0. The van der Waals surface area contributed by atoms with Crippen LogP contribution in [0.4, 0.5) is 0 Å². The van der Waals surface area contributed by atoms with E-state index in [1.807, 2.05) is 23.5 Å². The van der Waals surface area contributed by atoms with E-state index in [-0.39, 0.29) is 30.0 Å². The van der Waals surface area contributed by atoms with Crippen molar-refractivity contribution in [2.24, 2.45) is 11.8 Å². The molecule has 1 saturated carbocycles. The van der Waals surface area contributed by atoms with Crippen molar-refractivity contribution in [2.45, 2.75) is 29.6 Å². The topological polar surface area (TPSA) is 46.5 Å². The van der Waals surface area contributed by atoms with Gasteiger partial charge in [-0.2, -0.15) is 0 Å². The standard InChI is InChI=1S/C10H14O3S2/c11-6-4-7-5(3-8(12)13-7)9(6)10-14-1-2-15-10/h5-7,9-11H,1-4H2/t5-,6+,7-,9+/m1/s1. The molecule has 0 amide bonds. The molecule has 0 aromatic rings. The number of esters is 1. The fourth-order valence-corrected chi connectivity index (χ4v) is 6.31. The van der Waals surface area contributed by atoms with E-state index < -0.39 is 0 Å². The largest absolute Gasteiger partial charge is 0.462 e. The minimum Gasteiger partial charge on any atom is -0.462 e. The second-order valence-corrected chi connectivity index (χ2v) is 7.18. The molecule has 2 heterocycles. The Bertz CT molecular complexity index is 278. The number of rotatable bonds is 1. The van der Waals surface area contributed by atoms with Crippen molar-refractivity contribution in [3.63, 3.8) is 0 Å². The average molecular weight is 246 g/mol. The van der Waals surface area contributed by atoms with Gasteiger partial charge in [0, 0.05) is 29.8 Å². The van der Waals surface area contributed by atoms with Crippen LogP contribution in [0.15, 0.2) is 0 Å². The SMILES string of the molecule is O=C1C[C@H]2[C@H](C3SCCS3)[C@@H](O)C[C@H]2O1. The van der Waals surface area contributed by atoms with E-state index in [1.165, 1.54) is 11.5 Å². The lowest BCUT2D eigenvalue weighted by Gasteiger charge is -2.24. The molecular formula is C10H14O3S2. The van der Waals surface area contributed by atoms with E-state index in [0.717, 1.165) is 0 Å². The van der Waals surface area contributed by atoms with Gasteiger partial charge in [-0.05, 0) is 0 Å². The summed E-state index contributed by atoms with van der Waals surface area (Å²) < 4.78 is 5.70. The number of aliphatic hydroxyl groups excluding tert-OH is 1. The zero-order valence-electron chi connectivity index (χ0n) is 8.30. The van der Waals surface area contributed by atoms with Gasteiger partial charge in [0.05, 0.1) is 17.1 Å². The Labute approximate surface area is 97.3 Å². The number of hydrogen-bond donors (Lipinski definition) is 1. The van der Waals surface area contributed by atoms with E-state index in [2.05, 4.69) is 0 Å². The monoisotopic (exact) mass is 246 g/mol. The molecule has 0 aromatic carbocycles. The molecule has 2 saturated heterocycles. The van der Waals surface area contributed by atoms with Gasteiger partial charge in [-0.1, -0.05) is 0 Å². The van der Waals surface area contributed by atoms with Gasteiger partial charge in [-0.3, -0.25) is 4.79 Å². The van der Waals surface area contributed by atoms with Crippen LogP contribution in [0, 0.1) is 11.8 Å². The van der Waals surface area contributed by atoms with Gasteiger partial charge in [0.25, 0.3) is 0 Å². The van der Waals surface area contributed by atoms with Crippen molar-refractivity contribution in [1.29, 1.82) is 0 Å². The zero-order valence-corrected chi connectivity index (χ0v) is 9.93. The van der Waals surface area contributed by atoms with Gasteiger partial charge in [0.15, 0.2) is 0 Å². The summed E-state index contributed by atoms with van der Waals surface area (Å²) >= 11 is 3.86. The summed E-state index contributed by atoms with van der Waals surface area (Å²) in [5.74, 6) is 2.81. The maximum absolute atomic E-state index is 11.2. The fourth-order valence-electron chi connectivity index (χ4n) is 2.90. The Kier molecular flexibility index (Phi) is 2.65. The van der Waals surface area contributed by atoms with Crippen LogP contribution in [0.25, 0.3) is 0 Å². The first-order chi connectivity index (χ1) is 7.25. The highest BCUT2D eigenvalue weighted by Crippen LogP contribution is 2.50. The quantitative estimate of drug-likeness (QED) is 0.702. The maximum atomic E-state index is 11.2. The minimum atomic E-state index is -0.267. The van der Waals surface area contributed by atoms with Crippen molar-refractivity contribution in [3.8, 4) is 0 Å². The van der Waals surface area contributed by atoms with Gasteiger partial charge in [-0.15, -0.1) is 23.5 Å². The molecule has 3 fully saturated rings. The van der Waals surface area contributed by atoms with Crippen LogP contribution in [0.1, 0.15) is 12.8 Å². The van der Waals surface area contributed by atoms with Crippen molar-refractivity contribution in [1.82, 2.24) is 0 Å². The number of thioether (sulfide) groups is 2. The summed E-state index contributed by atoms with van der Waals surface area (Å²) in [6.45, 7) is 0. The van der Waals surface area contributed by atoms with E-state index in [4.69, 9.17) is 4.74 Å². The Morgan fingerprint density at radius 3 is 2.80 bits per heavy atom. The molecule has 0 bridgehead atoms. The molecule has 3 rings (SSSR count). The number of fused-ring (bicyclic) bond motifs is 1. The molecule has 3 nitrogen and oxygen atoms in total. The van der Waals surface area contributed by atoms with Crippen molar-refractivity contribution in [3.05, 3.63) is 0 Å². The van der Waals surface area contributed by atoms with Gasteiger partial charge in [-0.25, -0.2) is 0 Å². The molecular weight excluding hydrogens is 232 g/mol. The van der Waals surface area contributed by atoms with Crippen LogP contribution in [-0.4, -0.2) is 39.4 Å². The van der Waals surface area contributed by atoms with Crippen molar-refractivity contribution in [2.75, 3.05) is 11.5 Å². The third-order valence-electron chi connectivity index (χ3n) is 3.54. The minimum absolute atomic E-state index is 0.000648. The Balaban J connectivity index is 1.78. The second kappa shape index (κ2) is 3.86. The number of carbonyl (C=O) groups excluding carboxylic acids is 1. The Morgan fingerprint density at radius 1 is 1.33 bits per heavy atom. The van der Waals surface area contributed by atoms with E-state index >= 15 is 0 Å². The summed E-state index contributed by atoms with van der Waals surface area (Å²) in [7, 11) is 0. The van der Waals surface area contributed by atoms with Gasteiger partial charge >= 0.3 is 5.97 Å². The third-order valence-corrected chi connectivity index (χ3v) is 6.78. The van der Waals surface area contributed by atoms with E-state index in [9.17, 15) is 9.90 Å². The first-order valence-corrected chi connectivity index (χ1v) is 7.46. The molecule has 0 unspecified atom stereocenters. The fraction of sp³-hybridized carbons (Fsp3) is 0.900. The molecule has 3 aliphatic rings. The van der Waals surface area contributed by atoms with E-state index in [0.29, 0.717) is 17.4 Å². The first kappa shape index (κ1) is 10.3. The normalized spacial score (nSPS) is 45.8. The molecule has 4 atom stereocenters. The van der Waals surface area contributed by atoms with Gasteiger partial charge < -0.3 is 9.84 Å². The molecule has 0 spiro atoms. The highest BCUT2D eigenvalue weighted by Gasteiger charge is 2.52. The highest BCUT2D eigenvalue weighted by atomic mass is 32.2.